The zero-order valence-corrected chi connectivity index (χ0v) is 20.1. The third-order valence-electron chi connectivity index (χ3n) is 5.35. The maximum Gasteiger partial charge on any atom is 0.293 e. The summed E-state index contributed by atoms with van der Waals surface area (Å²) in [6.07, 6.45) is 5.52. The van der Waals surface area contributed by atoms with Crippen LogP contribution < -0.4 is 16.2 Å². The minimum Gasteiger partial charge on any atom is -0.333 e. The van der Waals surface area contributed by atoms with Gasteiger partial charge in [0.15, 0.2) is 5.82 Å². The monoisotopic (exact) mass is 480 g/mol. The van der Waals surface area contributed by atoms with E-state index in [1.54, 1.807) is 25.5 Å². The Bertz CT molecular complexity index is 1390. The van der Waals surface area contributed by atoms with E-state index in [9.17, 15) is 14.0 Å². The molecule has 0 aliphatic heterocycles. The number of benzene rings is 1. The molecule has 1 aromatic carbocycles. The fourth-order valence-electron chi connectivity index (χ4n) is 3.57. The van der Waals surface area contributed by atoms with E-state index in [0.29, 0.717) is 27.7 Å². The average molecular weight is 481 g/mol. The van der Waals surface area contributed by atoms with Crippen molar-refractivity contribution in [2.24, 2.45) is 7.05 Å². The van der Waals surface area contributed by atoms with Crippen LogP contribution in [0, 0.1) is 5.82 Å². The van der Waals surface area contributed by atoms with Crippen molar-refractivity contribution in [3.8, 4) is 11.3 Å². The van der Waals surface area contributed by atoms with Gasteiger partial charge in [-0.2, -0.15) is 5.10 Å². The molecule has 0 aliphatic rings. The van der Waals surface area contributed by atoms with E-state index < -0.39 is 5.82 Å². The van der Waals surface area contributed by atoms with Gasteiger partial charge in [0.25, 0.3) is 11.5 Å². The van der Waals surface area contributed by atoms with Crippen LogP contribution in [0.2, 0.25) is 0 Å². The van der Waals surface area contributed by atoms with Crippen LogP contribution in [0.1, 0.15) is 46.8 Å². The number of aryl methyl sites for hydroxylation is 2. The topological polar surface area (TPSA) is 105 Å². The van der Waals surface area contributed by atoms with E-state index in [1.807, 2.05) is 6.07 Å². The van der Waals surface area contributed by atoms with Gasteiger partial charge < -0.3 is 15.2 Å². The summed E-state index contributed by atoms with van der Waals surface area (Å²) in [5.41, 5.74) is 2.42. The number of thiophene rings is 1. The Labute approximate surface area is 199 Å². The van der Waals surface area contributed by atoms with Crippen LogP contribution in [0.3, 0.4) is 0 Å². The maximum absolute atomic E-state index is 14.6. The average Bonchev–Trinajstić information content (AvgIpc) is 3.48. The number of hydrogen-bond acceptors (Lipinski definition) is 6. The van der Waals surface area contributed by atoms with Crippen LogP contribution in [0.4, 0.5) is 21.6 Å². The molecule has 4 rings (SSSR count). The molecule has 3 N–H and O–H groups in total. The van der Waals surface area contributed by atoms with E-state index in [-0.39, 0.29) is 23.0 Å². The Morgan fingerprint density at radius 2 is 2.09 bits per heavy atom. The van der Waals surface area contributed by atoms with Gasteiger partial charge in [-0.1, -0.05) is 20.8 Å². The van der Waals surface area contributed by atoms with Gasteiger partial charge in [0.05, 0.1) is 28.1 Å². The highest BCUT2D eigenvalue weighted by Gasteiger charge is 2.18. The highest BCUT2D eigenvalue weighted by Crippen LogP contribution is 2.30. The molecule has 8 nitrogen and oxygen atoms in total. The van der Waals surface area contributed by atoms with Crippen molar-refractivity contribution in [3.63, 3.8) is 0 Å². The van der Waals surface area contributed by atoms with Crippen molar-refractivity contribution in [3.05, 3.63) is 74.3 Å². The van der Waals surface area contributed by atoms with Crippen molar-refractivity contribution in [2.45, 2.75) is 33.1 Å². The van der Waals surface area contributed by atoms with Crippen LogP contribution in [-0.2, 0) is 13.5 Å². The summed E-state index contributed by atoms with van der Waals surface area (Å²) >= 11 is 1.43. The van der Waals surface area contributed by atoms with Crippen molar-refractivity contribution in [2.75, 3.05) is 10.6 Å². The Hall–Kier alpha value is -3.79. The van der Waals surface area contributed by atoms with Crippen molar-refractivity contribution in [1.29, 1.82) is 0 Å². The molecular weight excluding hydrogens is 455 g/mol. The minimum absolute atomic E-state index is 0.0417. The molecule has 3 heterocycles. The molecular formula is C24H25FN6O2S. The number of rotatable bonds is 7. The molecule has 0 saturated heterocycles. The van der Waals surface area contributed by atoms with Gasteiger partial charge in [-0.25, -0.2) is 9.37 Å². The standard InChI is InChI=1S/C24H25FN6O2S/c1-5-20-16(13(2)3)9-21(34-20)23(32)30-18-8-14(6-7-17(18)25)19-12-31(4)24(33)22(29-19)28-15-10-26-27-11-15/h6-13H,5H2,1-4H3,(H,26,27)(H,28,29)(H,30,32). The number of H-pyrrole nitrogens is 1. The molecule has 0 spiro atoms. The van der Waals surface area contributed by atoms with Crippen LogP contribution in [-0.4, -0.2) is 25.7 Å². The van der Waals surface area contributed by atoms with Crippen molar-refractivity contribution in [1.82, 2.24) is 19.7 Å². The second-order valence-electron chi connectivity index (χ2n) is 8.15. The Kier molecular flexibility index (Phi) is 6.60. The minimum atomic E-state index is -0.560. The molecule has 0 aliphatic carbocycles. The molecule has 0 atom stereocenters. The summed E-state index contributed by atoms with van der Waals surface area (Å²) in [4.78, 5) is 31.5. The van der Waals surface area contributed by atoms with Crippen LogP contribution >= 0.6 is 11.3 Å². The lowest BCUT2D eigenvalue weighted by Crippen LogP contribution is -2.21. The molecule has 4 aromatic rings. The lowest BCUT2D eigenvalue weighted by atomic mass is 10.0. The molecule has 0 unspecified atom stereocenters. The van der Waals surface area contributed by atoms with Gasteiger partial charge in [-0.05, 0) is 42.2 Å². The largest absolute Gasteiger partial charge is 0.333 e. The fraction of sp³-hybridized carbons (Fsp3) is 0.250. The molecule has 0 fully saturated rings. The Balaban J connectivity index is 1.65. The zero-order chi connectivity index (χ0) is 24.4. The van der Waals surface area contributed by atoms with E-state index in [1.165, 1.54) is 34.2 Å². The first kappa shape index (κ1) is 23.4. The summed E-state index contributed by atoms with van der Waals surface area (Å²) in [7, 11) is 1.61. The molecule has 176 valence electrons. The van der Waals surface area contributed by atoms with Crippen LogP contribution in [0.15, 0.2) is 47.7 Å². The number of halogens is 1. The third-order valence-corrected chi connectivity index (χ3v) is 6.64. The normalized spacial score (nSPS) is 11.1. The third kappa shape index (κ3) is 4.76. The van der Waals surface area contributed by atoms with E-state index in [4.69, 9.17) is 0 Å². The molecule has 10 heteroatoms. The highest BCUT2D eigenvalue weighted by atomic mass is 32.1. The van der Waals surface area contributed by atoms with Crippen molar-refractivity contribution < 1.29 is 9.18 Å². The van der Waals surface area contributed by atoms with Crippen LogP contribution in [0.25, 0.3) is 11.3 Å². The number of amides is 1. The molecule has 0 radical (unpaired) electrons. The summed E-state index contributed by atoms with van der Waals surface area (Å²) in [5, 5.41) is 12.1. The number of anilines is 3. The second kappa shape index (κ2) is 9.60. The SMILES string of the molecule is CCc1sc(C(=O)Nc2cc(-c3cn(C)c(=O)c(Nc4cn[nH]c4)n3)ccc2F)cc1C(C)C. The quantitative estimate of drug-likeness (QED) is 0.343. The van der Waals surface area contributed by atoms with Gasteiger partial charge in [0.2, 0.25) is 0 Å². The number of carbonyl (C=O) groups excluding carboxylic acids is 1. The van der Waals surface area contributed by atoms with E-state index >= 15 is 0 Å². The summed E-state index contributed by atoms with van der Waals surface area (Å²) in [6, 6.07) is 6.22. The fourth-order valence-corrected chi connectivity index (χ4v) is 4.72. The van der Waals surface area contributed by atoms with E-state index in [2.05, 4.69) is 46.6 Å². The first-order valence-electron chi connectivity index (χ1n) is 10.8. The first-order chi connectivity index (χ1) is 16.3. The zero-order valence-electron chi connectivity index (χ0n) is 19.3. The lowest BCUT2D eigenvalue weighted by molar-refractivity contribution is 0.103. The second-order valence-corrected chi connectivity index (χ2v) is 9.29. The molecule has 1 amide bonds. The molecule has 34 heavy (non-hydrogen) atoms. The number of hydrogen-bond donors (Lipinski definition) is 3. The number of aromatic nitrogens is 4. The predicted octanol–water partition coefficient (Wildman–Crippen LogP) is 5.05. The van der Waals surface area contributed by atoms with Gasteiger partial charge in [-0.15, -0.1) is 11.3 Å². The Morgan fingerprint density at radius 3 is 2.74 bits per heavy atom. The van der Waals surface area contributed by atoms with E-state index in [0.717, 1.165) is 16.9 Å². The predicted molar refractivity (Wildman–Crippen MR) is 132 cm³/mol. The van der Waals surface area contributed by atoms with Crippen LogP contribution in [0.5, 0.6) is 0 Å². The maximum atomic E-state index is 14.6. The molecule has 0 saturated carbocycles. The number of aromatic amines is 1. The van der Waals surface area contributed by atoms with Gasteiger partial charge in [0.1, 0.15) is 5.82 Å². The first-order valence-corrected chi connectivity index (χ1v) is 11.7. The summed E-state index contributed by atoms with van der Waals surface area (Å²) in [5.74, 6) is -0.523. The molecule has 3 aromatic heterocycles. The van der Waals surface area contributed by atoms with Gasteiger partial charge in [0, 0.05) is 29.9 Å². The summed E-state index contributed by atoms with van der Waals surface area (Å²) in [6.45, 7) is 6.22. The smallest absolute Gasteiger partial charge is 0.293 e. The van der Waals surface area contributed by atoms with Crippen molar-refractivity contribution >= 4 is 34.4 Å². The number of nitrogens with zero attached hydrogens (tertiary/aromatic N) is 3. The number of nitrogens with one attached hydrogen (secondary N) is 3. The summed E-state index contributed by atoms with van der Waals surface area (Å²) < 4.78 is 16.0. The number of carbonyl (C=O) groups is 1. The van der Waals surface area contributed by atoms with Gasteiger partial charge in [-0.3, -0.25) is 14.7 Å². The lowest BCUT2D eigenvalue weighted by Gasteiger charge is -2.11. The molecule has 0 bridgehead atoms. The Morgan fingerprint density at radius 1 is 1.29 bits per heavy atom. The van der Waals surface area contributed by atoms with Gasteiger partial charge >= 0.3 is 0 Å². The highest BCUT2D eigenvalue weighted by molar-refractivity contribution is 7.14.